The van der Waals surface area contributed by atoms with Crippen molar-refractivity contribution in [3.63, 3.8) is 0 Å². The number of carbonyl (C=O) groups is 1. The molecular formula is C18H20F2N2O3S. The Morgan fingerprint density at radius 2 is 1.77 bits per heavy atom. The molecule has 0 heterocycles. The van der Waals surface area contributed by atoms with E-state index in [2.05, 4.69) is 4.72 Å². The molecule has 0 aliphatic rings. The van der Waals surface area contributed by atoms with Gasteiger partial charge in [0.25, 0.3) is 5.91 Å². The van der Waals surface area contributed by atoms with Gasteiger partial charge in [-0.2, -0.15) is 0 Å². The summed E-state index contributed by atoms with van der Waals surface area (Å²) < 4.78 is 51.8. The molecule has 140 valence electrons. The van der Waals surface area contributed by atoms with Crippen LogP contribution in [0.4, 0.5) is 14.5 Å². The molecule has 2 aromatic rings. The zero-order valence-corrected chi connectivity index (χ0v) is 15.7. The quantitative estimate of drug-likeness (QED) is 0.861. The molecular weight excluding hydrogens is 362 g/mol. The summed E-state index contributed by atoms with van der Waals surface area (Å²) >= 11 is 0. The average Bonchev–Trinajstić information content (AvgIpc) is 2.56. The van der Waals surface area contributed by atoms with Gasteiger partial charge in [-0.25, -0.2) is 17.2 Å². The molecule has 1 amide bonds. The topological polar surface area (TPSA) is 66.5 Å². The second-order valence-corrected chi connectivity index (χ2v) is 7.92. The van der Waals surface area contributed by atoms with E-state index in [0.29, 0.717) is 16.8 Å². The first kappa shape index (κ1) is 19.8. The first-order valence-corrected chi connectivity index (χ1v) is 9.69. The molecule has 1 unspecified atom stereocenters. The number of hydrogen-bond acceptors (Lipinski definition) is 3. The maximum Gasteiger partial charge on any atom is 0.254 e. The van der Waals surface area contributed by atoms with Gasteiger partial charge in [0.2, 0.25) is 10.0 Å². The molecule has 0 saturated heterocycles. The fourth-order valence-corrected chi connectivity index (χ4v) is 3.06. The summed E-state index contributed by atoms with van der Waals surface area (Å²) in [6.45, 7) is 3.41. The normalized spacial score (nSPS) is 12.5. The smallest absolute Gasteiger partial charge is 0.254 e. The first-order chi connectivity index (χ1) is 12.0. The van der Waals surface area contributed by atoms with Crippen LogP contribution in [-0.2, 0) is 10.0 Å². The maximum atomic E-state index is 13.4. The fourth-order valence-electron chi connectivity index (χ4n) is 2.44. The van der Waals surface area contributed by atoms with Gasteiger partial charge in [-0.15, -0.1) is 0 Å². The number of amides is 1. The van der Waals surface area contributed by atoms with E-state index in [9.17, 15) is 22.0 Å². The van der Waals surface area contributed by atoms with Gasteiger partial charge in [0.05, 0.1) is 18.0 Å². The number of sulfonamides is 1. The lowest BCUT2D eigenvalue weighted by Gasteiger charge is -2.26. The highest BCUT2D eigenvalue weighted by Crippen LogP contribution is 2.24. The summed E-state index contributed by atoms with van der Waals surface area (Å²) in [6, 6.07) is 7.64. The Bertz CT molecular complexity index is 945. The lowest BCUT2D eigenvalue weighted by atomic mass is 10.0. The van der Waals surface area contributed by atoms with Gasteiger partial charge in [0.15, 0.2) is 11.6 Å². The van der Waals surface area contributed by atoms with Crippen molar-refractivity contribution in [1.82, 2.24) is 4.90 Å². The number of hydrogen-bond donors (Lipinski definition) is 1. The van der Waals surface area contributed by atoms with Gasteiger partial charge in [-0.3, -0.25) is 9.52 Å². The summed E-state index contributed by atoms with van der Waals surface area (Å²) in [5, 5.41) is 0. The van der Waals surface area contributed by atoms with Crippen molar-refractivity contribution in [2.24, 2.45) is 0 Å². The Hall–Kier alpha value is -2.48. The molecule has 8 heteroatoms. The van der Waals surface area contributed by atoms with Crippen molar-refractivity contribution in [2.75, 3.05) is 18.0 Å². The van der Waals surface area contributed by atoms with Crippen LogP contribution in [0.2, 0.25) is 0 Å². The van der Waals surface area contributed by atoms with Crippen LogP contribution in [-0.4, -0.2) is 32.5 Å². The third-order valence-electron chi connectivity index (χ3n) is 4.11. The molecule has 0 bridgehead atoms. The van der Waals surface area contributed by atoms with E-state index < -0.39 is 27.7 Å². The van der Waals surface area contributed by atoms with E-state index in [-0.39, 0.29) is 11.5 Å². The summed E-state index contributed by atoms with van der Waals surface area (Å²) in [5.74, 6) is -2.31. The van der Waals surface area contributed by atoms with E-state index in [4.69, 9.17) is 0 Å². The first-order valence-electron chi connectivity index (χ1n) is 7.80. The maximum absolute atomic E-state index is 13.4. The van der Waals surface area contributed by atoms with Crippen molar-refractivity contribution < 1.29 is 22.0 Å². The minimum Gasteiger partial charge on any atom is -0.335 e. The predicted molar refractivity (Wildman–Crippen MR) is 96.5 cm³/mol. The van der Waals surface area contributed by atoms with Crippen LogP contribution in [0, 0.1) is 18.6 Å². The fraction of sp³-hybridized carbons (Fsp3) is 0.278. The standard InChI is InChI=1S/C18H20F2N2O3S/c1-11-5-6-14(10-17(11)21-26(4,24)25)18(23)22(3)12(2)13-7-8-15(19)16(20)9-13/h5-10,12,21H,1-4H3. The highest BCUT2D eigenvalue weighted by molar-refractivity contribution is 7.92. The van der Waals surface area contributed by atoms with Crippen molar-refractivity contribution in [3.05, 3.63) is 64.7 Å². The number of rotatable bonds is 5. The molecule has 1 N–H and O–H groups in total. The Kier molecular flexibility index (Phi) is 5.65. The molecule has 26 heavy (non-hydrogen) atoms. The molecule has 0 radical (unpaired) electrons. The van der Waals surface area contributed by atoms with E-state index in [0.717, 1.165) is 18.4 Å². The largest absolute Gasteiger partial charge is 0.335 e. The summed E-state index contributed by atoms with van der Waals surface area (Å²) in [5.41, 5.74) is 1.70. The van der Waals surface area contributed by atoms with Gasteiger partial charge >= 0.3 is 0 Å². The molecule has 0 aliphatic heterocycles. The third kappa shape index (κ3) is 4.57. The third-order valence-corrected chi connectivity index (χ3v) is 4.70. The molecule has 2 rings (SSSR count). The number of carbonyl (C=O) groups excluding carboxylic acids is 1. The van der Waals surface area contributed by atoms with Crippen LogP contribution in [0.1, 0.15) is 34.5 Å². The number of nitrogens with one attached hydrogen (secondary N) is 1. The zero-order chi connectivity index (χ0) is 19.6. The summed E-state index contributed by atoms with van der Waals surface area (Å²) in [6.07, 6.45) is 1.03. The van der Waals surface area contributed by atoms with Gasteiger partial charge < -0.3 is 4.90 Å². The van der Waals surface area contributed by atoms with Gasteiger partial charge in [0, 0.05) is 12.6 Å². The predicted octanol–water partition coefficient (Wildman–Crippen LogP) is 3.48. The Morgan fingerprint density at radius 1 is 1.12 bits per heavy atom. The van der Waals surface area contributed by atoms with Crippen molar-refractivity contribution in [1.29, 1.82) is 0 Å². The van der Waals surface area contributed by atoms with E-state index in [1.807, 2.05) is 0 Å². The van der Waals surface area contributed by atoms with Crippen LogP contribution in [0.15, 0.2) is 36.4 Å². The van der Waals surface area contributed by atoms with Crippen molar-refractivity contribution in [2.45, 2.75) is 19.9 Å². The second-order valence-electron chi connectivity index (χ2n) is 6.17. The SMILES string of the molecule is Cc1ccc(C(=O)N(C)C(C)c2ccc(F)c(F)c2)cc1NS(C)(=O)=O. The minimum atomic E-state index is -3.48. The molecule has 0 fully saturated rings. The number of anilines is 1. The number of benzene rings is 2. The lowest BCUT2D eigenvalue weighted by Crippen LogP contribution is -2.30. The number of nitrogens with zero attached hydrogens (tertiary/aromatic N) is 1. The van der Waals surface area contributed by atoms with Gasteiger partial charge in [-0.1, -0.05) is 12.1 Å². The zero-order valence-electron chi connectivity index (χ0n) is 14.9. The average molecular weight is 382 g/mol. The molecule has 0 aliphatic carbocycles. The van der Waals surface area contributed by atoms with E-state index in [1.165, 1.54) is 24.1 Å². The minimum absolute atomic E-state index is 0.277. The number of halogens is 2. The molecule has 0 spiro atoms. The van der Waals surface area contributed by atoms with Crippen LogP contribution in [0.3, 0.4) is 0 Å². The van der Waals surface area contributed by atoms with Gasteiger partial charge in [0.1, 0.15) is 0 Å². The monoisotopic (exact) mass is 382 g/mol. The van der Waals surface area contributed by atoms with Crippen LogP contribution in [0.5, 0.6) is 0 Å². The lowest BCUT2D eigenvalue weighted by molar-refractivity contribution is 0.0742. The Morgan fingerprint density at radius 3 is 2.35 bits per heavy atom. The van der Waals surface area contributed by atoms with Crippen LogP contribution in [0.25, 0.3) is 0 Å². The number of aryl methyl sites for hydroxylation is 1. The van der Waals surface area contributed by atoms with E-state index >= 15 is 0 Å². The van der Waals surface area contributed by atoms with Crippen molar-refractivity contribution in [3.8, 4) is 0 Å². The molecule has 5 nitrogen and oxygen atoms in total. The van der Waals surface area contributed by atoms with Crippen LogP contribution < -0.4 is 4.72 Å². The highest BCUT2D eigenvalue weighted by atomic mass is 32.2. The Balaban J connectivity index is 2.29. The second kappa shape index (κ2) is 7.41. The van der Waals surface area contributed by atoms with Gasteiger partial charge in [-0.05, 0) is 49.2 Å². The van der Waals surface area contributed by atoms with E-state index in [1.54, 1.807) is 26.0 Å². The molecule has 1 atom stereocenters. The summed E-state index contributed by atoms with van der Waals surface area (Å²) in [4.78, 5) is 14.1. The summed E-state index contributed by atoms with van der Waals surface area (Å²) in [7, 11) is -1.94. The van der Waals surface area contributed by atoms with Crippen LogP contribution >= 0.6 is 0 Å². The molecule has 2 aromatic carbocycles. The molecule has 0 saturated carbocycles. The Labute approximate surface area is 151 Å². The van der Waals surface area contributed by atoms with Crippen molar-refractivity contribution >= 4 is 21.6 Å². The molecule has 0 aromatic heterocycles. The highest BCUT2D eigenvalue weighted by Gasteiger charge is 2.21.